The number of nitrogens with two attached hydrogens (primary N) is 1. The molecule has 2 aromatic heterocycles. The third kappa shape index (κ3) is 5.49. The van der Waals surface area contributed by atoms with Crippen molar-refractivity contribution >= 4 is 0 Å². The fourth-order valence-corrected chi connectivity index (χ4v) is 5.40. The van der Waals surface area contributed by atoms with Crippen molar-refractivity contribution in [2.24, 2.45) is 5.73 Å². The van der Waals surface area contributed by atoms with Crippen LogP contribution in [0.4, 0.5) is 0 Å². The van der Waals surface area contributed by atoms with Crippen LogP contribution in [0.15, 0.2) is 67.0 Å². The maximum Gasteiger partial charge on any atom is 0.0607 e. The lowest BCUT2D eigenvalue weighted by atomic mass is 9.90. The first-order valence-electron chi connectivity index (χ1n) is 12.4. The van der Waals surface area contributed by atoms with Crippen molar-refractivity contribution in [1.29, 1.82) is 0 Å². The van der Waals surface area contributed by atoms with Crippen molar-refractivity contribution < 1.29 is 0 Å². The van der Waals surface area contributed by atoms with E-state index in [-0.39, 0.29) is 0 Å². The van der Waals surface area contributed by atoms with Crippen molar-refractivity contribution in [2.45, 2.75) is 76.3 Å². The highest BCUT2D eigenvalue weighted by atomic mass is 15.2. The molecule has 0 spiro atoms. The second-order valence-electron chi connectivity index (χ2n) is 9.58. The van der Waals surface area contributed by atoms with Crippen LogP contribution in [0.3, 0.4) is 0 Å². The van der Waals surface area contributed by atoms with Crippen molar-refractivity contribution in [3.8, 4) is 0 Å². The number of aromatic nitrogens is 2. The summed E-state index contributed by atoms with van der Waals surface area (Å²) in [6.45, 7) is 2.60. The molecule has 0 saturated heterocycles. The summed E-state index contributed by atoms with van der Waals surface area (Å²) in [4.78, 5) is 12.0. The lowest BCUT2D eigenvalue weighted by Crippen LogP contribution is -2.40. The normalized spacial score (nSPS) is 22.4. The summed E-state index contributed by atoms with van der Waals surface area (Å²) >= 11 is 0. The van der Waals surface area contributed by atoms with E-state index in [1.54, 1.807) is 0 Å². The Morgan fingerprint density at radius 2 is 1.70 bits per heavy atom. The van der Waals surface area contributed by atoms with Gasteiger partial charge in [0, 0.05) is 44.1 Å². The van der Waals surface area contributed by atoms with Gasteiger partial charge in [-0.3, -0.25) is 14.9 Å². The predicted octanol–water partition coefficient (Wildman–Crippen LogP) is 4.53. The molecule has 1 unspecified atom stereocenters. The summed E-state index contributed by atoms with van der Waals surface area (Å²) in [6, 6.07) is 20.6. The zero-order chi connectivity index (χ0) is 22.5. The van der Waals surface area contributed by atoms with Crippen molar-refractivity contribution in [3.05, 3.63) is 95.1 Å². The lowest BCUT2D eigenvalue weighted by molar-refractivity contribution is 0.155. The van der Waals surface area contributed by atoms with Crippen LogP contribution < -0.4 is 11.1 Å². The number of aryl methyl sites for hydroxylation is 1. The zero-order valence-electron chi connectivity index (χ0n) is 19.4. The molecule has 3 aromatic rings. The molecule has 2 heterocycles. The van der Waals surface area contributed by atoms with E-state index >= 15 is 0 Å². The van der Waals surface area contributed by atoms with E-state index in [2.05, 4.69) is 63.7 Å². The van der Waals surface area contributed by atoms with Gasteiger partial charge in [-0.05, 0) is 67.0 Å². The quantitative estimate of drug-likeness (QED) is 0.538. The Hall–Kier alpha value is -2.60. The van der Waals surface area contributed by atoms with Gasteiger partial charge in [-0.25, -0.2) is 0 Å². The smallest absolute Gasteiger partial charge is 0.0607 e. The molecule has 172 valence electrons. The number of hydrogen-bond donors (Lipinski definition) is 2. The van der Waals surface area contributed by atoms with E-state index < -0.39 is 0 Å². The topological polar surface area (TPSA) is 67.1 Å². The Kier molecular flexibility index (Phi) is 7.10. The van der Waals surface area contributed by atoms with E-state index in [0.717, 1.165) is 44.6 Å². The Morgan fingerprint density at radius 3 is 2.48 bits per heavy atom. The fraction of sp³-hybridized carbons (Fsp3) is 0.429. The highest BCUT2D eigenvalue weighted by molar-refractivity contribution is 5.27. The summed E-state index contributed by atoms with van der Waals surface area (Å²) in [5, 5.41) is 3.65. The van der Waals surface area contributed by atoms with Gasteiger partial charge in [-0.15, -0.1) is 0 Å². The maximum atomic E-state index is 6.21. The average Bonchev–Trinajstić information content (AvgIpc) is 3.28. The van der Waals surface area contributed by atoms with Gasteiger partial charge < -0.3 is 11.1 Å². The molecule has 5 heteroatoms. The number of fused-ring (bicyclic) bond motifs is 1. The number of pyridine rings is 2. The molecule has 1 saturated carbocycles. The van der Waals surface area contributed by atoms with Crippen molar-refractivity contribution in [3.63, 3.8) is 0 Å². The molecule has 0 amide bonds. The Labute approximate surface area is 197 Å². The molecule has 0 aliphatic heterocycles. The summed E-state index contributed by atoms with van der Waals surface area (Å²) in [5.74, 6) is 0. The molecule has 3 atom stereocenters. The van der Waals surface area contributed by atoms with E-state index in [9.17, 15) is 0 Å². The van der Waals surface area contributed by atoms with E-state index in [1.807, 2.05) is 18.5 Å². The second-order valence-corrected chi connectivity index (χ2v) is 9.58. The predicted molar refractivity (Wildman–Crippen MR) is 132 cm³/mol. The van der Waals surface area contributed by atoms with Crippen LogP contribution in [0, 0.1) is 0 Å². The molecule has 0 radical (unpaired) electrons. The fourth-order valence-electron chi connectivity index (χ4n) is 5.40. The minimum Gasteiger partial charge on any atom is -0.326 e. The van der Waals surface area contributed by atoms with Gasteiger partial charge in [0.25, 0.3) is 0 Å². The zero-order valence-corrected chi connectivity index (χ0v) is 19.4. The minimum atomic E-state index is 0.302. The Balaban J connectivity index is 1.31. The van der Waals surface area contributed by atoms with Crippen LogP contribution in [0.25, 0.3) is 0 Å². The van der Waals surface area contributed by atoms with Crippen molar-refractivity contribution in [1.82, 2.24) is 20.2 Å². The maximum absolute atomic E-state index is 6.21. The number of nitrogens with one attached hydrogen (secondary N) is 1. The Bertz CT molecular complexity index is 1020. The number of nitrogens with zero attached hydrogens (tertiary/aromatic N) is 3. The summed E-state index contributed by atoms with van der Waals surface area (Å²) in [6.07, 6.45) is 10.9. The molecule has 0 bridgehead atoms. The van der Waals surface area contributed by atoms with Gasteiger partial charge in [0.15, 0.2) is 0 Å². The van der Waals surface area contributed by atoms with Crippen molar-refractivity contribution in [2.75, 3.05) is 0 Å². The first kappa shape index (κ1) is 22.2. The van der Waals surface area contributed by atoms with E-state index in [1.165, 1.54) is 41.6 Å². The van der Waals surface area contributed by atoms with Gasteiger partial charge in [0.2, 0.25) is 0 Å². The second kappa shape index (κ2) is 10.6. The molecule has 2 aliphatic carbocycles. The Morgan fingerprint density at radius 1 is 0.848 bits per heavy atom. The van der Waals surface area contributed by atoms with Crippen LogP contribution in [0.5, 0.6) is 0 Å². The van der Waals surface area contributed by atoms with E-state index in [0.29, 0.717) is 18.1 Å². The largest absolute Gasteiger partial charge is 0.326 e. The van der Waals surface area contributed by atoms with Crippen LogP contribution in [-0.2, 0) is 26.1 Å². The first-order valence-corrected chi connectivity index (χ1v) is 12.4. The van der Waals surface area contributed by atoms with Gasteiger partial charge in [-0.2, -0.15) is 0 Å². The molecular weight excluding hydrogens is 406 g/mol. The highest BCUT2D eigenvalue weighted by Crippen LogP contribution is 2.34. The molecular formula is C28H35N5. The SMILES string of the molecule is N[C@@H]1CCC[C@H]1NCc1ccc(CN(Cc2ccccn2)C2CCCc3cccnc32)cc1. The average molecular weight is 442 g/mol. The first-order chi connectivity index (χ1) is 16.3. The minimum absolute atomic E-state index is 0.302. The standard InChI is InChI=1S/C28H35N5/c29-25-9-4-10-26(25)32-18-21-12-14-22(15-13-21)19-33(20-24-8-1-2-16-30-24)27-11-3-6-23-7-5-17-31-28(23)27/h1-2,5,7-8,12-17,25-27,32H,3-4,6,9-11,18-20,29H2/t25-,26-,27?/m1/s1. The molecule has 1 fully saturated rings. The summed E-state index contributed by atoms with van der Waals surface area (Å²) in [7, 11) is 0. The molecule has 33 heavy (non-hydrogen) atoms. The van der Waals surface area contributed by atoms with Crippen LogP contribution >= 0.6 is 0 Å². The van der Waals surface area contributed by atoms with Crippen LogP contribution in [0.2, 0.25) is 0 Å². The van der Waals surface area contributed by atoms with Crippen LogP contribution in [-0.4, -0.2) is 27.0 Å². The highest BCUT2D eigenvalue weighted by Gasteiger charge is 2.28. The number of hydrogen-bond acceptors (Lipinski definition) is 5. The molecule has 1 aromatic carbocycles. The van der Waals surface area contributed by atoms with Gasteiger partial charge in [0.05, 0.1) is 17.4 Å². The van der Waals surface area contributed by atoms with Crippen LogP contribution in [0.1, 0.15) is 66.2 Å². The molecule has 5 nitrogen and oxygen atoms in total. The van der Waals surface area contributed by atoms with Gasteiger partial charge in [-0.1, -0.05) is 42.8 Å². The number of benzene rings is 1. The molecule has 3 N–H and O–H groups in total. The third-order valence-electron chi connectivity index (χ3n) is 7.24. The molecule has 2 aliphatic rings. The van der Waals surface area contributed by atoms with Gasteiger partial charge in [0.1, 0.15) is 0 Å². The summed E-state index contributed by atoms with van der Waals surface area (Å²) in [5.41, 5.74) is 12.6. The summed E-state index contributed by atoms with van der Waals surface area (Å²) < 4.78 is 0. The van der Waals surface area contributed by atoms with E-state index in [4.69, 9.17) is 10.7 Å². The number of rotatable bonds is 8. The monoisotopic (exact) mass is 441 g/mol. The lowest BCUT2D eigenvalue weighted by Gasteiger charge is -2.35. The van der Waals surface area contributed by atoms with Gasteiger partial charge >= 0.3 is 0 Å². The molecule has 5 rings (SSSR count). The third-order valence-corrected chi connectivity index (χ3v) is 7.24.